The lowest BCUT2D eigenvalue weighted by Crippen LogP contribution is -2.41. The van der Waals surface area contributed by atoms with Crippen molar-refractivity contribution in [2.24, 2.45) is 0 Å². The Bertz CT molecular complexity index is 451. The zero-order valence-electron chi connectivity index (χ0n) is 12.5. The number of piperidine rings is 1. The maximum atomic E-state index is 11.4. The van der Waals surface area contributed by atoms with Crippen molar-refractivity contribution in [2.45, 2.75) is 38.7 Å². The van der Waals surface area contributed by atoms with E-state index < -0.39 is 0 Å². The quantitative estimate of drug-likeness (QED) is 0.849. The molecule has 0 N–H and O–H groups in total. The van der Waals surface area contributed by atoms with Crippen LogP contribution in [0.2, 0.25) is 0 Å². The van der Waals surface area contributed by atoms with Crippen LogP contribution in [0.1, 0.15) is 38.2 Å². The van der Waals surface area contributed by atoms with Crippen molar-refractivity contribution in [3.63, 3.8) is 0 Å². The SMILES string of the molecule is COC(=O)N1CCC(Oc2cccc(C(C)C)c2)CC1. The van der Waals surface area contributed by atoms with Gasteiger partial charge >= 0.3 is 6.09 Å². The van der Waals surface area contributed by atoms with E-state index >= 15 is 0 Å². The molecule has 0 aliphatic carbocycles. The standard InChI is InChI=1S/C16H23NO3/c1-12(2)13-5-4-6-15(11-13)20-14-7-9-17(10-8-14)16(18)19-3/h4-6,11-12,14H,7-10H2,1-3H3. The van der Waals surface area contributed by atoms with Gasteiger partial charge in [-0.25, -0.2) is 4.79 Å². The molecule has 0 radical (unpaired) electrons. The molecule has 0 bridgehead atoms. The predicted molar refractivity (Wildman–Crippen MR) is 78.2 cm³/mol. The highest BCUT2D eigenvalue weighted by Gasteiger charge is 2.24. The molecule has 0 atom stereocenters. The van der Waals surface area contributed by atoms with Gasteiger partial charge in [-0.15, -0.1) is 0 Å². The van der Waals surface area contributed by atoms with E-state index in [2.05, 4.69) is 26.0 Å². The van der Waals surface area contributed by atoms with Gasteiger partial charge in [-0.1, -0.05) is 26.0 Å². The molecule has 20 heavy (non-hydrogen) atoms. The molecule has 2 rings (SSSR count). The van der Waals surface area contributed by atoms with Crippen molar-refractivity contribution in [3.05, 3.63) is 29.8 Å². The van der Waals surface area contributed by atoms with E-state index in [9.17, 15) is 4.79 Å². The summed E-state index contributed by atoms with van der Waals surface area (Å²) in [7, 11) is 1.42. The Hall–Kier alpha value is -1.71. The average Bonchev–Trinajstić information content (AvgIpc) is 2.47. The first kappa shape index (κ1) is 14.7. The molecule has 0 saturated carbocycles. The van der Waals surface area contributed by atoms with Gasteiger partial charge in [0.25, 0.3) is 0 Å². The van der Waals surface area contributed by atoms with Gasteiger partial charge in [0, 0.05) is 25.9 Å². The second kappa shape index (κ2) is 6.64. The zero-order chi connectivity index (χ0) is 14.5. The second-order valence-electron chi connectivity index (χ2n) is 5.50. The second-order valence-corrected chi connectivity index (χ2v) is 5.50. The summed E-state index contributed by atoms with van der Waals surface area (Å²) in [6, 6.07) is 8.27. The van der Waals surface area contributed by atoms with E-state index in [-0.39, 0.29) is 12.2 Å². The summed E-state index contributed by atoms with van der Waals surface area (Å²) < 4.78 is 10.8. The molecule has 1 aromatic carbocycles. The molecule has 4 nitrogen and oxygen atoms in total. The van der Waals surface area contributed by atoms with Crippen molar-refractivity contribution in [1.29, 1.82) is 0 Å². The van der Waals surface area contributed by atoms with Crippen molar-refractivity contribution >= 4 is 6.09 Å². The Morgan fingerprint density at radius 2 is 2.00 bits per heavy atom. The molecule has 4 heteroatoms. The molecule has 1 fully saturated rings. The fourth-order valence-corrected chi connectivity index (χ4v) is 2.42. The van der Waals surface area contributed by atoms with Gasteiger partial charge in [0.05, 0.1) is 7.11 Å². The van der Waals surface area contributed by atoms with Crippen molar-refractivity contribution in [1.82, 2.24) is 4.90 Å². The first-order valence-corrected chi connectivity index (χ1v) is 7.19. The third-order valence-electron chi connectivity index (χ3n) is 3.70. The van der Waals surface area contributed by atoms with Gasteiger partial charge in [-0.2, -0.15) is 0 Å². The number of rotatable bonds is 3. The third kappa shape index (κ3) is 3.65. The molecule has 1 aliphatic heterocycles. The van der Waals surface area contributed by atoms with Crippen LogP contribution in [0.4, 0.5) is 4.79 Å². The molecule has 0 unspecified atom stereocenters. The van der Waals surface area contributed by atoms with Gasteiger partial charge in [-0.3, -0.25) is 0 Å². The Morgan fingerprint density at radius 1 is 1.30 bits per heavy atom. The summed E-state index contributed by atoms with van der Waals surface area (Å²) in [5, 5.41) is 0. The molecule has 0 spiro atoms. The van der Waals surface area contributed by atoms with Crippen molar-refractivity contribution in [2.75, 3.05) is 20.2 Å². The molecule has 1 aliphatic rings. The number of hydrogen-bond acceptors (Lipinski definition) is 3. The van der Waals surface area contributed by atoms with Crippen LogP contribution in [0.5, 0.6) is 5.75 Å². The molecule has 1 aromatic rings. The van der Waals surface area contributed by atoms with Crippen LogP contribution < -0.4 is 4.74 Å². The maximum Gasteiger partial charge on any atom is 0.409 e. The largest absolute Gasteiger partial charge is 0.490 e. The summed E-state index contributed by atoms with van der Waals surface area (Å²) in [5.41, 5.74) is 1.29. The lowest BCUT2D eigenvalue weighted by atomic mass is 10.0. The van der Waals surface area contributed by atoms with E-state index in [0.717, 1.165) is 18.6 Å². The monoisotopic (exact) mass is 277 g/mol. The van der Waals surface area contributed by atoms with Crippen LogP contribution in [0.15, 0.2) is 24.3 Å². The first-order chi connectivity index (χ1) is 9.60. The van der Waals surface area contributed by atoms with Gasteiger partial charge in [0.15, 0.2) is 0 Å². The zero-order valence-corrected chi connectivity index (χ0v) is 12.5. The van der Waals surface area contributed by atoms with Crippen LogP contribution in [0.3, 0.4) is 0 Å². The summed E-state index contributed by atoms with van der Waals surface area (Å²) >= 11 is 0. The fourth-order valence-electron chi connectivity index (χ4n) is 2.42. The average molecular weight is 277 g/mol. The lowest BCUT2D eigenvalue weighted by molar-refractivity contribution is 0.0790. The van der Waals surface area contributed by atoms with Gasteiger partial charge < -0.3 is 14.4 Å². The lowest BCUT2D eigenvalue weighted by Gasteiger charge is -2.31. The predicted octanol–water partition coefficient (Wildman–Crippen LogP) is 3.42. The number of amides is 1. The highest BCUT2D eigenvalue weighted by Crippen LogP contribution is 2.23. The minimum Gasteiger partial charge on any atom is -0.490 e. The number of nitrogens with zero attached hydrogens (tertiary/aromatic N) is 1. The smallest absolute Gasteiger partial charge is 0.409 e. The molecule has 110 valence electrons. The van der Waals surface area contributed by atoms with E-state index in [4.69, 9.17) is 9.47 Å². The third-order valence-corrected chi connectivity index (χ3v) is 3.70. The Labute approximate surface area is 120 Å². The minimum absolute atomic E-state index is 0.179. The molecule has 0 aromatic heterocycles. The van der Waals surface area contributed by atoms with Crippen LogP contribution in [-0.4, -0.2) is 37.3 Å². The molecular formula is C16H23NO3. The number of likely N-dealkylation sites (tertiary alicyclic amines) is 1. The summed E-state index contributed by atoms with van der Waals surface area (Å²) in [6.07, 6.45) is 1.63. The normalized spacial score (nSPS) is 16.3. The van der Waals surface area contributed by atoms with E-state index in [1.54, 1.807) is 4.90 Å². The molecule has 1 saturated heterocycles. The number of carbonyl (C=O) groups excluding carboxylic acids is 1. The van der Waals surface area contributed by atoms with E-state index in [1.807, 2.05) is 12.1 Å². The summed E-state index contributed by atoms with van der Waals surface area (Å²) in [6.45, 7) is 5.74. The van der Waals surface area contributed by atoms with Crippen molar-refractivity contribution in [3.8, 4) is 5.75 Å². The van der Waals surface area contributed by atoms with Crippen molar-refractivity contribution < 1.29 is 14.3 Å². The minimum atomic E-state index is -0.245. The molecular weight excluding hydrogens is 254 g/mol. The maximum absolute atomic E-state index is 11.4. The van der Waals surface area contributed by atoms with E-state index in [0.29, 0.717) is 19.0 Å². The summed E-state index contributed by atoms with van der Waals surface area (Å²) in [4.78, 5) is 13.1. The Kier molecular flexibility index (Phi) is 4.88. The number of hydrogen-bond donors (Lipinski definition) is 0. The van der Waals surface area contributed by atoms with Gasteiger partial charge in [-0.05, 0) is 23.6 Å². The Morgan fingerprint density at radius 3 is 2.60 bits per heavy atom. The van der Waals surface area contributed by atoms with Crippen LogP contribution in [0.25, 0.3) is 0 Å². The topological polar surface area (TPSA) is 38.8 Å². The molecule has 1 heterocycles. The highest BCUT2D eigenvalue weighted by molar-refractivity contribution is 5.67. The highest BCUT2D eigenvalue weighted by atomic mass is 16.5. The number of benzene rings is 1. The van der Waals surface area contributed by atoms with Gasteiger partial charge in [0.2, 0.25) is 0 Å². The molecule has 1 amide bonds. The van der Waals surface area contributed by atoms with E-state index in [1.165, 1.54) is 12.7 Å². The number of carbonyl (C=O) groups is 1. The summed E-state index contributed by atoms with van der Waals surface area (Å²) in [5.74, 6) is 1.42. The van der Waals surface area contributed by atoms with Crippen LogP contribution in [-0.2, 0) is 4.74 Å². The number of ether oxygens (including phenoxy) is 2. The van der Waals surface area contributed by atoms with Gasteiger partial charge in [0.1, 0.15) is 11.9 Å². The number of methoxy groups -OCH3 is 1. The Balaban J connectivity index is 1.89. The van der Waals surface area contributed by atoms with Crippen LogP contribution >= 0.6 is 0 Å². The van der Waals surface area contributed by atoms with Crippen LogP contribution in [0, 0.1) is 0 Å². The first-order valence-electron chi connectivity index (χ1n) is 7.19. The fraction of sp³-hybridized carbons (Fsp3) is 0.562.